The molecule has 1 aliphatic heterocycles. The largest absolute Gasteiger partial charge is 0.390 e. The average Bonchev–Trinajstić information content (AvgIpc) is 1.95. The lowest BCUT2D eigenvalue weighted by atomic mass is 9.97. The molecule has 0 aliphatic carbocycles. The van der Waals surface area contributed by atoms with E-state index in [1.165, 1.54) is 0 Å². The molecule has 3 nitrogen and oxygen atoms in total. The molecule has 0 aromatic carbocycles. The molecule has 2 unspecified atom stereocenters. The Bertz CT molecular complexity index is 108. The molecule has 3 heteroatoms. The molecule has 1 rings (SSSR count). The lowest BCUT2D eigenvalue weighted by molar-refractivity contribution is -0.0270. The summed E-state index contributed by atoms with van der Waals surface area (Å²) in [6.45, 7) is 2.82. The van der Waals surface area contributed by atoms with Crippen molar-refractivity contribution in [1.29, 1.82) is 0 Å². The van der Waals surface area contributed by atoms with E-state index in [0.29, 0.717) is 6.42 Å². The molecule has 0 radical (unpaired) electrons. The Labute approximate surface area is 61.1 Å². The number of hydrogen-bond donors (Lipinski definition) is 3. The van der Waals surface area contributed by atoms with Crippen LogP contribution in [0.25, 0.3) is 0 Å². The highest BCUT2D eigenvalue weighted by atomic mass is 16.3. The second kappa shape index (κ2) is 3.32. The molecule has 0 spiro atoms. The van der Waals surface area contributed by atoms with Gasteiger partial charge in [0.2, 0.25) is 0 Å². The molecule has 1 aliphatic rings. The van der Waals surface area contributed by atoms with Crippen LogP contribution in [-0.2, 0) is 0 Å². The van der Waals surface area contributed by atoms with Crippen molar-refractivity contribution in [2.45, 2.75) is 38.0 Å². The Morgan fingerprint density at radius 1 is 1.50 bits per heavy atom. The summed E-state index contributed by atoms with van der Waals surface area (Å²) in [7, 11) is 0. The quantitative estimate of drug-likeness (QED) is 0.465. The molecule has 0 amide bonds. The van der Waals surface area contributed by atoms with Crippen LogP contribution in [0.4, 0.5) is 0 Å². The van der Waals surface area contributed by atoms with Crippen LogP contribution in [0.2, 0.25) is 0 Å². The van der Waals surface area contributed by atoms with Gasteiger partial charge in [0, 0.05) is 6.04 Å². The van der Waals surface area contributed by atoms with Gasteiger partial charge in [0.15, 0.2) is 0 Å². The van der Waals surface area contributed by atoms with Crippen LogP contribution in [0.3, 0.4) is 0 Å². The van der Waals surface area contributed by atoms with Gasteiger partial charge in [-0.2, -0.15) is 0 Å². The first-order valence-electron chi connectivity index (χ1n) is 3.85. The summed E-state index contributed by atoms with van der Waals surface area (Å²) in [5, 5.41) is 21.7. The number of nitrogens with one attached hydrogen (secondary N) is 1. The van der Waals surface area contributed by atoms with Crippen LogP contribution >= 0.6 is 0 Å². The van der Waals surface area contributed by atoms with Crippen LogP contribution in [0.15, 0.2) is 0 Å². The van der Waals surface area contributed by atoms with Crippen LogP contribution in [0.5, 0.6) is 0 Å². The third-order valence-electron chi connectivity index (χ3n) is 2.09. The Morgan fingerprint density at radius 2 is 2.20 bits per heavy atom. The fourth-order valence-corrected chi connectivity index (χ4v) is 1.36. The van der Waals surface area contributed by atoms with Gasteiger partial charge in [-0.25, -0.2) is 0 Å². The van der Waals surface area contributed by atoms with Crippen molar-refractivity contribution < 1.29 is 10.2 Å². The van der Waals surface area contributed by atoms with Gasteiger partial charge in [-0.15, -0.1) is 0 Å². The standard InChI is InChI=1S/C7H15NO2/c1-2-5-7(10)6(9)3-4-8-5/h5-10H,2-4H2,1H3/t5?,6?,7-/m1/s1. The van der Waals surface area contributed by atoms with Crippen molar-refractivity contribution in [2.24, 2.45) is 0 Å². The first-order valence-corrected chi connectivity index (χ1v) is 3.85. The Kier molecular flexibility index (Phi) is 2.65. The van der Waals surface area contributed by atoms with Crippen LogP contribution in [0, 0.1) is 0 Å². The molecular weight excluding hydrogens is 130 g/mol. The third-order valence-corrected chi connectivity index (χ3v) is 2.09. The second-order valence-corrected chi connectivity index (χ2v) is 2.82. The average molecular weight is 145 g/mol. The van der Waals surface area contributed by atoms with Crippen molar-refractivity contribution in [2.75, 3.05) is 6.54 Å². The highest BCUT2D eigenvalue weighted by molar-refractivity contribution is 4.85. The van der Waals surface area contributed by atoms with Crippen molar-refractivity contribution >= 4 is 0 Å². The summed E-state index contributed by atoms with van der Waals surface area (Å²) < 4.78 is 0. The molecule has 0 bridgehead atoms. The van der Waals surface area contributed by atoms with Gasteiger partial charge in [-0.05, 0) is 19.4 Å². The van der Waals surface area contributed by atoms with Gasteiger partial charge in [0.25, 0.3) is 0 Å². The van der Waals surface area contributed by atoms with E-state index in [9.17, 15) is 10.2 Å². The van der Waals surface area contributed by atoms with Gasteiger partial charge in [0.1, 0.15) is 0 Å². The Hall–Kier alpha value is -0.120. The van der Waals surface area contributed by atoms with E-state index in [0.717, 1.165) is 13.0 Å². The zero-order valence-corrected chi connectivity index (χ0v) is 6.25. The van der Waals surface area contributed by atoms with Gasteiger partial charge in [-0.3, -0.25) is 0 Å². The highest BCUT2D eigenvalue weighted by Crippen LogP contribution is 2.11. The normalized spacial score (nSPS) is 41.7. The van der Waals surface area contributed by atoms with E-state index in [2.05, 4.69) is 5.32 Å². The van der Waals surface area contributed by atoms with E-state index in [4.69, 9.17) is 0 Å². The molecule has 60 valence electrons. The minimum Gasteiger partial charge on any atom is -0.390 e. The summed E-state index contributed by atoms with van der Waals surface area (Å²) in [6.07, 6.45) is 0.445. The second-order valence-electron chi connectivity index (χ2n) is 2.82. The predicted molar refractivity (Wildman–Crippen MR) is 38.7 cm³/mol. The third kappa shape index (κ3) is 1.48. The lowest BCUT2D eigenvalue weighted by Gasteiger charge is -2.32. The Balaban J connectivity index is 2.42. The molecule has 3 N–H and O–H groups in total. The van der Waals surface area contributed by atoms with E-state index < -0.39 is 12.2 Å². The Morgan fingerprint density at radius 3 is 2.70 bits per heavy atom. The molecule has 0 aromatic heterocycles. The molecule has 10 heavy (non-hydrogen) atoms. The number of hydrogen-bond acceptors (Lipinski definition) is 3. The smallest absolute Gasteiger partial charge is 0.0951 e. The summed E-state index contributed by atoms with van der Waals surface area (Å²) in [5.41, 5.74) is 0. The molecule has 0 saturated carbocycles. The van der Waals surface area contributed by atoms with E-state index in [1.54, 1.807) is 0 Å². The van der Waals surface area contributed by atoms with Gasteiger partial charge >= 0.3 is 0 Å². The van der Waals surface area contributed by atoms with E-state index in [1.807, 2.05) is 6.92 Å². The van der Waals surface area contributed by atoms with Gasteiger partial charge in [0.05, 0.1) is 12.2 Å². The molecule has 1 fully saturated rings. The fraction of sp³-hybridized carbons (Fsp3) is 1.00. The first-order chi connectivity index (χ1) is 4.75. The molecular formula is C7H15NO2. The first kappa shape index (κ1) is 7.98. The van der Waals surface area contributed by atoms with Crippen molar-refractivity contribution in [1.82, 2.24) is 5.32 Å². The van der Waals surface area contributed by atoms with Gasteiger partial charge < -0.3 is 15.5 Å². The van der Waals surface area contributed by atoms with E-state index in [-0.39, 0.29) is 6.04 Å². The molecule has 3 atom stereocenters. The number of piperidine rings is 1. The maximum atomic E-state index is 9.32. The minimum atomic E-state index is -0.571. The van der Waals surface area contributed by atoms with Crippen LogP contribution < -0.4 is 5.32 Å². The SMILES string of the molecule is CCC1NCCC(O)[C@@H]1O. The highest BCUT2D eigenvalue weighted by Gasteiger charge is 2.28. The van der Waals surface area contributed by atoms with Crippen LogP contribution in [-0.4, -0.2) is 35.0 Å². The number of aliphatic hydroxyl groups is 2. The summed E-state index contributed by atoms with van der Waals surface area (Å²) in [6, 6.07) is 0.0868. The maximum Gasteiger partial charge on any atom is 0.0951 e. The zero-order chi connectivity index (χ0) is 7.56. The molecule has 0 aromatic rings. The monoisotopic (exact) mass is 145 g/mol. The number of rotatable bonds is 1. The van der Waals surface area contributed by atoms with E-state index >= 15 is 0 Å². The fourth-order valence-electron chi connectivity index (χ4n) is 1.36. The predicted octanol–water partition coefficient (Wildman–Crippen LogP) is -0.520. The summed E-state index contributed by atoms with van der Waals surface area (Å²) in [5.74, 6) is 0. The van der Waals surface area contributed by atoms with Crippen molar-refractivity contribution in [3.63, 3.8) is 0 Å². The number of aliphatic hydroxyl groups excluding tert-OH is 2. The minimum absolute atomic E-state index is 0.0868. The molecule has 1 heterocycles. The van der Waals surface area contributed by atoms with Crippen LogP contribution in [0.1, 0.15) is 19.8 Å². The van der Waals surface area contributed by atoms with Gasteiger partial charge in [-0.1, -0.05) is 6.92 Å². The lowest BCUT2D eigenvalue weighted by Crippen LogP contribution is -2.51. The molecule has 1 saturated heterocycles. The zero-order valence-electron chi connectivity index (χ0n) is 6.25. The topological polar surface area (TPSA) is 52.5 Å². The van der Waals surface area contributed by atoms with Crippen molar-refractivity contribution in [3.8, 4) is 0 Å². The maximum absolute atomic E-state index is 9.32. The summed E-state index contributed by atoms with van der Waals surface area (Å²) >= 11 is 0. The van der Waals surface area contributed by atoms with Crippen molar-refractivity contribution in [3.05, 3.63) is 0 Å². The summed E-state index contributed by atoms with van der Waals surface area (Å²) in [4.78, 5) is 0.